The number of carbonyl (C=O) groups is 3. The lowest BCUT2D eigenvalue weighted by molar-refractivity contribution is -0.130. The van der Waals surface area contributed by atoms with Gasteiger partial charge in [-0.2, -0.15) is 0 Å². The molecule has 8 nitrogen and oxygen atoms in total. The van der Waals surface area contributed by atoms with Crippen LogP contribution >= 0.6 is 0 Å². The number of ether oxygens (including phenoxy) is 1. The Morgan fingerprint density at radius 1 is 0.879 bits per heavy atom. The maximum absolute atomic E-state index is 13.1. The van der Waals surface area contributed by atoms with Gasteiger partial charge in [0.25, 0.3) is 0 Å². The van der Waals surface area contributed by atoms with E-state index in [0.717, 1.165) is 17.5 Å². The number of unbranched alkanes of at least 4 members (excludes halogenated alkanes) is 1. The van der Waals surface area contributed by atoms with Gasteiger partial charge in [-0.25, -0.2) is 0 Å². The minimum absolute atomic E-state index is 0.314. The first-order valence-corrected chi connectivity index (χ1v) is 11.1. The molecule has 0 fully saturated rings. The van der Waals surface area contributed by atoms with Gasteiger partial charge in [-0.05, 0) is 49.1 Å². The van der Waals surface area contributed by atoms with Crippen molar-refractivity contribution in [1.29, 1.82) is 0 Å². The topological polar surface area (TPSA) is 123 Å². The van der Waals surface area contributed by atoms with E-state index in [2.05, 4.69) is 16.0 Å². The molecule has 0 saturated carbocycles. The van der Waals surface area contributed by atoms with Crippen molar-refractivity contribution in [1.82, 2.24) is 10.6 Å². The fraction of sp³-hybridized carbons (Fsp3) is 0.400. The number of amides is 3. The summed E-state index contributed by atoms with van der Waals surface area (Å²) in [4.78, 5) is 37.7. The average Bonchev–Trinajstić information content (AvgIpc) is 2.80. The molecule has 2 unspecified atom stereocenters. The molecular weight excluding hydrogens is 420 g/mol. The first kappa shape index (κ1) is 26.0. The predicted octanol–water partition coefficient (Wildman–Crippen LogP) is 2.13. The van der Waals surface area contributed by atoms with Crippen molar-refractivity contribution in [3.05, 3.63) is 65.7 Å². The highest BCUT2D eigenvalue weighted by Crippen LogP contribution is 2.12. The molecule has 33 heavy (non-hydrogen) atoms. The van der Waals surface area contributed by atoms with E-state index in [1.165, 1.54) is 6.92 Å². The smallest absolute Gasteiger partial charge is 0.246 e. The van der Waals surface area contributed by atoms with Crippen LogP contribution in [0.4, 0.5) is 5.69 Å². The Bertz CT molecular complexity index is 887. The van der Waals surface area contributed by atoms with Crippen LogP contribution in [0.3, 0.4) is 0 Å². The second kappa shape index (κ2) is 14.0. The van der Waals surface area contributed by atoms with E-state index in [1.807, 2.05) is 42.5 Å². The third-order valence-corrected chi connectivity index (χ3v) is 5.09. The monoisotopic (exact) mass is 454 g/mol. The molecule has 0 heterocycles. The molecule has 3 amide bonds. The number of nitrogens with one attached hydrogen (secondary N) is 3. The zero-order valence-electron chi connectivity index (χ0n) is 19.3. The Balaban J connectivity index is 2.10. The lowest BCUT2D eigenvalue weighted by Gasteiger charge is -2.23. The van der Waals surface area contributed by atoms with Crippen molar-refractivity contribution < 1.29 is 19.1 Å². The number of benzene rings is 2. The van der Waals surface area contributed by atoms with Crippen molar-refractivity contribution in [2.24, 2.45) is 5.73 Å². The van der Waals surface area contributed by atoms with Crippen molar-refractivity contribution >= 4 is 23.4 Å². The molecule has 0 radical (unpaired) electrons. The summed E-state index contributed by atoms with van der Waals surface area (Å²) in [5, 5.41) is 8.38. The molecule has 0 bridgehead atoms. The van der Waals surface area contributed by atoms with Gasteiger partial charge >= 0.3 is 0 Å². The number of nitrogens with two attached hydrogens (primary N) is 1. The summed E-state index contributed by atoms with van der Waals surface area (Å²) in [5.41, 5.74) is 8.12. The molecule has 5 N–H and O–H groups in total. The molecule has 0 saturated heterocycles. The number of carbonyl (C=O) groups excluding carboxylic acids is 3. The van der Waals surface area contributed by atoms with Crippen LogP contribution in [0.1, 0.15) is 37.3 Å². The number of hydrogen-bond donors (Lipinski definition) is 4. The molecule has 0 spiro atoms. The molecule has 2 atom stereocenters. The molecule has 0 aliphatic heterocycles. The molecule has 2 aromatic carbocycles. The molecule has 0 aliphatic carbocycles. The quantitative estimate of drug-likeness (QED) is 0.345. The number of hydrogen-bond acceptors (Lipinski definition) is 5. The van der Waals surface area contributed by atoms with E-state index < -0.39 is 18.0 Å². The van der Waals surface area contributed by atoms with Gasteiger partial charge in [0.1, 0.15) is 12.1 Å². The van der Waals surface area contributed by atoms with Gasteiger partial charge in [0.05, 0.1) is 6.61 Å². The van der Waals surface area contributed by atoms with Gasteiger partial charge in [0, 0.05) is 26.1 Å². The first-order valence-electron chi connectivity index (χ1n) is 11.1. The summed E-state index contributed by atoms with van der Waals surface area (Å²) >= 11 is 0. The minimum atomic E-state index is -0.789. The highest BCUT2D eigenvalue weighted by molar-refractivity contribution is 5.98. The summed E-state index contributed by atoms with van der Waals surface area (Å²) in [7, 11) is 1.62. The van der Waals surface area contributed by atoms with E-state index in [0.29, 0.717) is 38.1 Å². The van der Waals surface area contributed by atoms with E-state index in [-0.39, 0.29) is 11.8 Å². The summed E-state index contributed by atoms with van der Waals surface area (Å²) in [6.45, 7) is 2.35. The second-order valence-corrected chi connectivity index (χ2v) is 7.91. The zero-order valence-corrected chi connectivity index (χ0v) is 19.3. The van der Waals surface area contributed by atoms with Gasteiger partial charge in [0.15, 0.2) is 0 Å². The van der Waals surface area contributed by atoms with Crippen LogP contribution in [-0.4, -0.2) is 43.5 Å². The fourth-order valence-corrected chi connectivity index (χ4v) is 3.42. The van der Waals surface area contributed by atoms with Gasteiger partial charge in [-0.15, -0.1) is 0 Å². The SMILES string of the molecule is COCc1ccc(NC(=O)C(CCCCN)NC(=O)C(Cc2ccccc2)NC(C)=O)cc1. The number of rotatable bonds is 13. The minimum Gasteiger partial charge on any atom is -0.380 e. The lowest BCUT2D eigenvalue weighted by atomic mass is 10.0. The van der Waals surface area contributed by atoms with Crippen LogP contribution in [0.2, 0.25) is 0 Å². The number of methoxy groups -OCH3 is 1. The third-order valence-electron chi connectivity index (χ3n) is 5.09. The standard InChI is InChI=1S/C25H34N4O4/c1-18(30)27-23(16-19-8-4-3-5-9-19)25(32)29-22(10-6-7-15-26)24(31)28-21-13-11-20(12-14-21)17-33-2/h3-5,8-9,11-14,22-23H,6-7,10,15-17,26H2,1-2H3,(H,27,30)(H,28,31)(H,29,32). The van der Waals surface area contributed by atoms with Gasteiger partial charge in [-0.3, -0.25) is 14.4 Å². The molecule has 2 aromatic rings. The molecule has 0 aromatic heterocycles. The summed E-state index contributed by atoms with van der Waals surface area (Å²) in [6.07, 6.45) is 2.19. The largest absolute Gasteiger partial charge is 0.380 e. The second-order valence-electron chi connectivity index (χ2n) is 7.91. The van der Waals surface area contributed by atoms with Crippen molar-refractivity contribution in [2.45, 2.75) is 51.3 Å². The van der Waals surface area contributed by atoms with Crippen molar-refractivity contribution in [3.63, 3.8) is 0 Å². The van der Waals surface area contributed by atoms with Crippen LogP contribution in [0.15, 0.2) is 54.6 Å². The zero-order chi connectivity index (χ0) is 24.1. The number of anilines is 1. The Morgan fingerprint density at radius 3 is 2.18 bits per heavy atom. The highest BCUT2D eigenvalue weighted by Gasteiger charge is 2.26. The van der Waals surface area contributed by atoms with Crippen LogP contribution in [0, 0.1) is 0 Å². The van der Waals surface area contributed by atoms with Gasteiger partial charge < -0.3 is 26.4 Å². The molecule has 2 rings (SSSR count). The average molecular weight is 455 g/mol. The lowest BCUT2D eigenvalue weighted by Crippen LogP contribution is -2.53. The van der Waals surface area contributed by atoms with E-state index in [4.69, 9.17) is 10.5 Å². The van der Waals surface area contributed by atoms with Crippen LogP contribution < -0.4 is 21.7 Å². The molecule has 8 heteroatoms. The summed E-state index contributed by atoms with van der Waals surface area (Å²) in [5.74, 6) is -1.04. The van der Waals surface area contributed by atoms with Gasteiger partial charge in [0.2, 0.25) is 17.7 Å². The molecule has 178 valence electrons. The third kappa shape index (κ3) is 9.43. The Kier molecular flexibility index (Phi) is 11.1. The Hall–Kier alpha value is -3.23. The van der Waals surface area contributed by atoms with Crippen LogP contribution in [-0.2, 0) is 32.1 Å². The predicted molar refractivity (Wildman–Crippen MR) is 128 cm³/mol. The molecular formula is C25H34N4O4. The normalized spacial score (nSPS) is 12.5. The molecule has 0 aliphatic rings. The van der Waals surface area contributed by atoms with E-state index in [9.17, 15) is 14.4 Å². The van der Waals surface area contributed by atoms with E-state index in [1.54, 1.807) is 19.2 Å². The Labute approximate surface area is 195 Å². The highest BCUT2D eigenvalue weighted by atomic mass is 16.5. The van der Waals surface area contributed by atoms with Crippen molar-refractivity contribution in [3.8, 4) is 0 Å². The van der Waals surface area contributed by atoms with E-state index >= 15 is 0 Å². The van der Waals surface area contributed by atoms with Crippen LogP contribution in [0.25, 0.3) is 0 Å². The first-order chi connectivity index (χ1) is 15.9. The summed E-state index contributed by atoms with van der Waals surface area (Å²) < 4.78 is 5.10. The summed E-state index contributed by atoms with van der Waals surface area (Å²) in [6, 6.07) is 15.2. The van der Waals surface area contributed by atoms with Gasteiger partial charge in [-0.1, -0.05) is 42.5 Å². The Morgan fingerprint density at radius 2 is 1.58 bits per heavy atom. The van der Waals surface area contributed by atoms with Crippen LogP contribution in [0.5, 0.6) is 0 Å². The fourth-order valence-electron chi connectivity index (χ4n) is 3.42. The maximum atomic E-state index is 13.1. The maximum Gasteiger partial charge on any atom is 0.246 e. The van der Waals surface area contributed by atoms with Crippen molar-refractivity contribution in [2.75, 3.05) is 19.0 Å².